The molecule has 0 spiro atoms. The van der Waals surface area contributed by atoms with Crippen molar-refractivity contribution in [2.45, 2.75) is 20.4 Å². The molecule has 1 N–H and O–H groups in total. The molecule has 0 aliphatic heterocycles. The molecule has 4 nitrogen and oxygen atoms in total. The van der Waals surface area contributed by atoms with E-state index in [1.54, 1.807) is 0 Å². The van der Waals surface area contributed by atoms with Crippen molar-refractivity contribution in [1.29, 1.82) is 5.26 Å². The zero-order valence-corrected chi connectivity index (χ0v) is 12.9. The Balaban J connectivity index is 2.13. The second kappa shape index (κ2) is 7.94. The van der Waals surface area contributed by atoms with Crippen LogP contribution in [0.5, 0.6) is 11.5 Å². The highest BCUT2D eigenvalue weighted by molar-refractivity contribution is 5.55. The Bertz CT molecular complexity index is 662. The quantitative estimate of drug-likeness (QED) is 0.840. The van der Waals surface area contributed by atoms with Crippen LogP contribution < -0.4 is 14.8 Å². The van der Waals surface area contributed by atoms with Crippen molar-refractivity contribution in [3.63, 3.8) is 0 Å². The Morgan fingerprint density at radius 2 is 1.73 bits per heavy atom. The van der Waals surface area contributed by atoms with Crippen molar-refractivity contribution in [2.24, 2.45) is 0 Å². The van der Waals surface area contributed by atoms with Crippen LogP contribution in [0, 0.1) is 11.3 Å². The van der Waals surface area contributed by atoms with Gasteiger partial charge in [-0.25, -0.2) is 0 Å². The molecule has 114 valence electrons. The third kappa shape index (κ3) is 3.92. The van der Waals surface area contributed by atoms with Gasteiger partial charge in [-0.05, 0) is 37.6 Å². The molecule has 22 heavy (non-hydrogen) atoms. The number of nitrogens with zero attached hydrogens (tertiary/aromatic N) is 1. The van der Waals surface area contributed by atoms with Gasteiger partial charge in [-0.1, -0.05) is 18.2 Å². The first-order chi connectivity index (χ1) is 10.8. The summed E-state index contributed by atoms with van der Waals surface area (Å²) in [4.78, 5) is 0. The van der Waals surface area contributed by atoms with Gasteiger partial charge in [0.2, 0.25) is 0 Å². The van der Waals surface area contributed by atoms with E-state index < -0.39 is 0 Å². The molecule has 0 unspecified atom stereocenters. The zero-order valence-electron chi connectivity index (χ0n) is 12.9. The van der Waals surface area contributed by atoms with Crippen molar-refractivity contribution in [2.75, 3.05) is 18.5 Å². The fourth-order valence-corrected chi connectivity index (χ4v) is 2.14. The lowest BCUT2D eigenvalue weighted by Gasteiger charge is -2.14. The van der Waals surface area contributed by atoms with Crippen molar-refractivity contribution >= 4 is 5.69 Å². The molecule has 4 heteroatoms. The molecular weight excluding hydrogens is 276 g/mol. The molecule has 0 aliphatic carbocycles. The van der Waals surface area contributed by atoms with E-state index in [1.165, 1.54) is 0 Å². The minimum Gasteiger partial charge on any atom is -0.490 e. The second-order valence-corrected chi connectivity index (χ2v) is 4.65. The predicted octanol–water partition coefficient (Wildman–Crippen LogP) is 3.97. The minimum absolute atomic E-state index is 0.584. The van der Waals surface area contributed by atoms with Crippen LogP contribution >= 0.6 is 0 Å². The van der Waals surface area contributed by atoms with E-state index in [2.05, 4.69) is 11.4 Å². The van der Waals surface area contributed by atoms with Gasteiger partial charge in [0.25, 0.3) is 0 Å². The second-order valence-electron chi connectivity index (χ2n) is 4.65. The normalized spacial score (nSPS) is 9.86. The summed E-state index contributed by atoms with van der Waals surface area (Å²) in [5.74, 6) is 1.47. The van der Waals surface area contributed by atoms with E-state index in [4.69, 9.17) is 14.7 Å². The molecule has 0 fully saturated rings. The highest BCUT2D eigenvalue weighted by atomic mass is 16.5. The van der Waals surface area contributed by atoms with Gasteiger partial charge in [-0.2, -0.15) is 5.26 Å². The number of nitrogens with one attached hydrogen (secondary N) is 1. The Morgan fingerprint density at radius 1 is 1.00 bits per heavy atom. The topological polar surface area (TPSA) is 54.3 Å². The number of anilines is 1. The van der Waals surface area contributed by atoms with Crippen molar-refractivity contribution < 1.29 is 9.47 Å². The summed E-state index contributed by atoms with van der Waals surface area (Å²) in [7, 11) is 0. The van der Waals surface area contributed by atoms with Gasteiger partial charge in [-0.3, -0.25) is 0 Å². The minimum atomic E-state index is 0.584. The molecule has 0 saturated heterocycles. The Hall–Kier alpha value is -2.67. The SMILES string of the molecule is CCOc1ccc(NCc2ccccc2C#N)cc1OCC. The number of rotatable bonds is 7. The van der Waals surface area contributed by atoms with Crippen LogP contribution in [0.2, 0.25) is 0 Å². The van der Waals surface area contributed by atoms with E-state index in [-0.39, 0.29) is 0 Å². The van der Waals surface area contributed by atoms with E-state index in [0.29, 0.717) is 25.3 Å². The van der Waals surface area contributed by atoms with Crippen LogP contribution in [-0.2, 0) is 6.54 Å². The average molecular weight is 296 g/mol. The lowest BCUT2D eigenvalue weighted by atomic mass is 10.1. The van der Waals surface area contributed by atoms with Gasteiger partial charge < -0.3 is 14.8 Å². The Morgan fingerprint density at radius 3 is 2.45 bits per heavy atom. The van der Waals surface area contributed by atoms with E-state index in [1.807, 2.05) is 56.3 Å². The molecule has 0 radical (unpaired) electrons. The molecule has 0 aliphatic rings. The number of hydrogen-bond acceptors (Lipinski definition) is 4. The molecule has 0 amide bonds. The Kier molecular flexibility index (Phi) is 5.67. The zero-order chi connectivity index (χ0) is 15.8. The van der Waals surface area contributed by atoms with Crippen molar-refractivity contribution in [3.8, 4) is 17.6 Å². The number of nitriles is 1. The third-order valence-corrected chi connectivity index (χ3v) is 3.16. The highest BCUT2D eigenvalue weighted by Gasteiger charge is 2.07. The molecule has 0 aromatic heterocycles. The van der Waals surface area contributed by atoms with Gasteiger partial charge in [-0.15, -0.1) is 0 Å². The summed E-state index contributed by atoms with van der Waals surface area (Å²) in [6.45, 7) is 5.66. The molecular formula is C18H20N2O2. The van der Waals surface area contributed by atoms with Gasteiger partial charge in [0.15, 0.2) is 11.5 Å². The van der Waals surface area contributed by atoms with E-state index in [9.17, 15) is 0 Å². The molecule has 2 aromatic rings. The fraction of sp³-hybridized carbons (Fsp3) is 0.278. The van der Waals surface area contributed by atoms with Crippen molar-refractivity contribution in [1.82, 2.24) is 0 Å². The summed E-state index contributed by atoms with van der Waals surface area (Å²) < 4.78 is 11.2. The predicted molar refractivity (Wildman–Crippen MR) is 87.3 cm³/mol. The van der Waals surface area contributed by atoms with Gasteiger partial charge in [0, 0.05) is 18.3 Å². The standard InChI is InChI=1S/C18H20N2O2/c1-3-21-17-10-9-16(11-18(17)22-4-2)20-13-15-8-6-5-7-14(15)12-19/h5-11,20H,3-4,13H2,1-2H3. The van der Waals surface area contributed by atoms with Gasteiger partial charge in [0.1, 0.15) is 0 Å². The van der Waals surface area contributed by atoms with E-state index >= 15 is 0 Å². The fourth-order valence-electron chi connectivity index (χ4n) is 2.14. The van der Waals surface area contributed by atoms with Crippen LogP contribution in [0.1, 0.15) is 25.0 Å². The largest absolute Gasteiger partial charge is 0.490 e. The Labute approximate surface area is 131 Å². The van der Waals surface area contributed by atoms with Crippen molar-refractivity contribution in [3.05, 3.63) is 53.6 Å². The van der Waals surface area contributed by atoms with Crippen LogP contribution in [0.4, 0.5) is 5.69 Å². The maximum absolute atomic E-state index is 9.11. The molecule has 2 rings (SSSR count). The third-order valence-electron chi connectivity index (χ3n) is 3.16. The highest BCUT2D eigenvalue weighted by Crippen LogP contribution is 2.30. The van der Waals surface area contributed by atoms with E-state index in [0.717, 1.165) is 22.7 Å². The van der Waals surface area contributed by atoms with Crippen LogP contribution in [0.15, 0.2) is 42.5 Å². The lowest BCUT2D eigenvalue weighted by Crippen LogP contribution is -2.03. The summed E-state index contributed by atoms with van der Waals surface area (Å²) in [5, 5.41) is 12.4. The summed E-state index contributed by atoms with van der Waals surface area (Å²) in [6.07, 6.45) is 0. The van der Waals surface area contributed by atoms with Crippen LogP contribution in [0.3, 0.4) is 0 Å². The smallest absolute Gasteiger partial charge is 0.163 e. The summed E-state index contributed by atoms with van der Waals surface area (Å²) >= 11 is 0. The first-order valence-corrected chi connectivity index (χ1v) is 7.40. The van der Waals surface area contributed by atoms with Crippen LogP contribution in [0.25, 0.3) is 0 Å². The van der Waals surface area contributed by atoms with Gasteiger partial charge >= 0.3 is 0 Å². The number of benzene rings is 2. The summed E-state index contributed by atoms with van der Waals surface area (Å²) in [6, 6.07) is 15.5. The van der Waals surface area contributed by atoms with Crippen LogP contribution in [-0.4, -0.2) is 13.2 Å². The maximum Gasteiger partial charge on any atom is 0.163 e. The lowest BCUT2D eigenvalue weighted by molar-refractivity contribution is 0.288. The number of ether oxygens (including phenoxy) is 2. The number of hydrogen-bond donors (Lipinski definition) is 1. The monoisotopic (exact) mass is 296 g/mol. The molecule has 0 bridgehead atoms. The summed E-state index contributed by atoms with van der Waals surface area (Å²) in [5.41, 5.74) is 2.59. The molecule has 0 saturated carbocycles. The molecule has 2 aromatic carbocycles. The first-order valence-electron chi connectivity index (χ1n) is 7.40. The first kappa shape index (κ1) is 15.7. The molecule has 0 heterocycles. The molecule has 0 atom stereocenters. The maximum atomic E-state index is 9.11. The average Bonchev–Trinajstić information content (AvgIpc) is 2.55. The van der Waals surface area contributed by atoms with Gasteiger partial charge in [0.05, 0.1) is 24.8 Å².